The van der Waals surface area contributed by atoms with Gasteiger partial charge in [0.05, 0.1) is 11.3 Å². The standard InChI is InChI=1S/C18H15O4S.C2H6.H2O.Rb/c1-12-17(18(19)14-6-4-3-5-7-14)15-10-13(11-23(2,20)21)8-9-16(15)22-12;1-2;;/h4-10H,11H2,1-2H3;1-2H3;1H2;/q-1;;;+1/p-1. The molecule has 5 nitrogen and oxygen atoms in total. The molecule has 0 unspecified atom stereocenters. The van der Waals surface area contributed by atoms with Crippen LogP contribution in [0.1, 0.15) is 41.1 Å². The molecule has 7 heteroatoms. The SMILES string of the molecule is CC.Cc1oc2ccc(CS(C)(=O)=O)cc2c1C(=O)c1cc[c-]cc1.[OH-].[Rb+]. The second-order valence-corrected chi connectivity index (χ2v) is 7.69. The van der Waals surface area contributed by atoms with E-state index >= 15 is 0 Å². The molecular formula is C20H22O5RbS-. The third-order valence-electron chi connectivity index (χ3n) is 3.56. The third-order valence-corrected chi connectivity index (χ3v) is 4.42. The summed E-state index contributed by atoms with van der Waals surface area (Å²) in [5, 5.41) is 0.640. The van der Waals surface area contributed by atoms with Gasteiger partial charge < -0.3 is 9.89 Å². The number of hydrogen-bond acceptors (Lipinski definition) is 5. The van der Waals surface area contributed by atoms with Crippen LogP contribution in [0.4, 0.5) is 0 Å². The number of hydrogen-bond donors (Lipinski definition) is 0. The van der Waals surface area contributed by atoms with Gasteiger partial charge in [-0.3, -0.25) is 4.79 Å². The first-order chi connectivity index (χ1) is 11.8. The molecule has 3 aromatic rings. The number of benzene rings is 2. The summed E-state index contributed by atoms with van der Waals surface area (Å²) in [6.45, 7) is 5.73. The predicted octanol–water partition coefficient (Wildman–Crippen LogP) is 1.17. The molecule has 0 spiro atoms. The Balaban J connectivity index is 0.00000164. The van der Waals surface area contributed by atoms with Crippen molar-refractivity contribution < 1.29 is 81.3 Å². The van der Waals surface area contributed by atoms with Crippen LogP contribution < -0.4 is 58.2 Å². The second kappa shape index (κ2) is 11.4. The van der Waals surface area contributed by atoms with E-state index in [2.05, 4.69) is 6.07 Å². The molecule has 0 atom stereocenters. The largest absolute Gasteiger partial charge is 1.00 e. The molecule has 1 heterocycles. The summed E-state index contributed by atoms with van der Waals surface area (Å²) in [5.41, 5.74) is 2.23. The van der Waals surface area contributed by atoms with E-state index < -0.39 is 9.84 Å². The molecular weight excluding hydrogens is 438 g/mol. The topological polar surface area (TPSA) is 94.3 Å². The van der Waals surface area contributed by atoms with Crippen molar-refractivity contribution in [3.63, 3.8) is 0 Å². The number of carbonyl (C=O) groups is 1. The summed E-state index contributed by atoms with van der Waals surface area (Å²) in [7, 11) is -3.14. The van der Waals surface area contributed by atoms with Crippen molar-refractivity contribution in [2.24, 2.45) is 0 Å². The van der Waals surface area contributed by atoms with Crippen molar-refractivity contribution >= 4 is 26.6 Å². The molecule has 0 aliphatic rings. The summed E-state index contributed by atoms with van der Waals surface area (Å²) in [6, 6.07) is 14.8. The molecule has 140 valence electrons. The zero-order valence-corrected chi connectivity index (χ0v) is 22.0. The van der Waals surface area contributed by atoms with Crippen LogP contribution in [0.15, 0.2) is 46.9 Å². The quantitative estimate of drug-likeness (QED) is 0.431. The maximum Gasteiger partial charge on any atom is 1.00 e. The molecule has 27 heavy (non-hydrogen) atoms. The number of aryl methyl sites for hydroxylation is 1. The summed E-state index contributed by atoms with van der Waals surface area (Å²) < 4.78 is 28.6. The van der Waals surface area contributed by atoms with Crippen molar-refractivity contribution in [1.82, 2.24) is 0 Å². The van der Waals surface area contributed by atoms with Gasteiger partial charge in [-0.25, -0.2) is 8.42 Å². The van der Waals surface area contributed by atoms with Crippen molar-refractivity contribution in [3.8, 4) is 0 Å². The third kappa shape index (κ3) is 6.73. The first kappa shape index (κ1) is 26.4. The van der Waals surface area contributed by atoms with Gasteiger partial charge in [0.25, 0.3) is 0 Å². The monoisotopic (exact) mass is 459 g/mol. The Morgan fingerprint density at radius 3 is 2.26 bits per heavy atom. The van der Waals surface area contributed by atoms with Crippen molar-refractivity contribution in [1.29, 1.82) is 0 Å². The van der Waals surface area contributed by atoms with Crippen molar-refractivity contribution in [2.45, 2.75) is 26.5 Å². The van der Waals surface area contributed by atoms with Gasteiger partial charge in [-0.15, -0.1) is 0 Å². The first-order valence-electron chi connectivity index (χ1n) is 8.06. The normalized spacial score (nSPS) is 10.2. The van der Waals surface area contributed by atoms with Crippen LogP contribution in [0.25, 0.3) is 11.0 Å². The summed E-state index contributed by atoms with van der Waals surface area (Å²) in [6.07, 6.45) is 1.18. The number of ketones is 1. The maximum absolute atomic E-state index is 12.7. The van der Waals surface area contributed by atoms with Crippen LogP contribution in [0.3, 0.4) is 0 Å². The van der Waals surface area contributed by atoms with Gasteiger partial charge in [0, 0.05) is 11.6 Å². The van der Waals surface area contributed by atoms with E-state index in [1.165, 1.54) is 6.26 Å². The number of furan rings is 1. The predicted molar refractivity (Wildman–Crippen MR) is 101 cm³/mol. The molecule has 0 bridgehead atoms. The zero-order valence-electron chi connectivity index (χ0n) is 16.2. The van der Waals surface area contributed by atoms with E-state index in [1.54, 1.807) is 49.4 Å². The Bertz CT molecular complexity index is 992. The van der Waals surface area contributed by atoms with E-state index in [4.69, 9.17) is 4.42 Å². The Labute approximate surface area is 209 Å². The summed E-state index contributed by atoms with van der Waals surface area (Å²) in [5.74, 6) is 0.308. The summed E-state index contributed by atoms with van der Waals surface area (Å²) >= 11 is 0. The zero-order chi connectivity index (χ0) is 18.6. The number of carbonyl (C=O) groups excluding carboxylic acids is 1. The minimum Gasteiger partial charge on any atom is -0.870 e. The molecule has 0 saturated heterocycles. The fraction of sp³-hybridized carbons (Fsp3) is 0.250. The minimum absolute atomic E-state index is 0. The van der Waals surface area contributed by atoms with Gasteiger partial charge in [-0.2, -0.15) is 30.3 Å². The van der Waals surface area contributed by atoms with Crippen molar-refractivity contribution in [3.05, 3.63) is 71.0 Å². The van der Waals surface area contributed by atoms with Crippen molar-refractivity contribution in [2.75, 3.05) is 6.26 Å². The molecule has 3 rings (SSSR count). The van der Waals surface area contributed by atoms with Crippen LogP contribution >= 0.6 is 0 Å². The van der Waals surface area contributed by atoms with Gasteiger partial charge in [-0.05, 0) is 24.6 Å². The maximum atomic E-state index is 12.7. The number of sulfone groups is 1. The van der Waals surface area contributed by atoms with Crippen LogP contribution in [-0.2, 0) is 15.6 Å². The Hall–Kier alpha value is -0.635. The Morgan fingerprint density at radius 2 is 1.70 bits per heavy atom. The molecule has 1 N–H and O–H groups in total. The molecule has 0 aliphatic heterocycles. The Kier molecular flexibility index (Phi) is 11.1. The van der Waals surface area contributed by atoms with Gasteiger partial charge in [-0.1, -0.05) is 25.5 Å². The number of fused-ring (bicyclic) bond motifs is 1. The summed E-state index contributed by atoms with van der Waals surface area (Å²) in [4.78, 5) is 12.7. The Morgan fingerprint density at radius 1 is 1.11 bits per heavy atom. The molecule has 2 aromatic carbocycles. The van der Waals surface area contributed by atoms with Crippen LogP contribution in [0.5, 0.6) is 0 Å². The van der Waals surface area contributed by atoms with E-state index in [1.807, 2.05) is 13.8 Å². The fourth-order valence-corrected chi connectivity index (χ4v) is 3.41. The number of rotatable bonds is 4. The average Bonchev–Trinajstić information content (AvgIpc) is 2.90. The van der Waals surface area contributed by atoms with Gasteiger partial charge in [0.2, 0.25) is 0 Å². The van der Waals surface area contributed by atoms with E-state index in [-0.39, 0.29) is 75.2 Å². The molecule has 0 fully saturated rings. The van der Waals surface area contributed by atoms with Gasteiger partial charge >= 0.3 is 58.2 Å². The molecule has 0 radical (unpaired) electrons. The second-order valence-electron chi connectivity index (χ2n) is 5.55. The molecule has 0 saturated carbocycles. The average molecular weight is 460 g/mol. The smallest absolute Gasteiger partial charge is 0.870 e. The van der Waals surface area contributed by atoms with Gasteiger partial charge in [0.1, 0.15) is 11.3 Å². The van der Waals surface area contributed by atoms with Gasteiger partial charge in [0.15, 0.2) is 15.6 Å². The first-order valence-corrected chi connectivity index (χ1v) is 10.1. The van der Waals surface area contributed by atoms with Crippen LogP contribution in [0, 0.1) is 13.0 Å². The molecule has 0 amide bonds. The van der Waals surface area contributed by atoms with E-state index in [9.17, 15) is 13.2 Å². The van der Waals surface area contributed by atoms with E-state index in [0.717, 1.165) is 0 Å². The minimum atomic E-state index is -3.14. The fourth-order valence-electron chi connectivity index (χ4n) is 2.62. The van der Waals surface area contributed by atoms with E-state index in [0.29, 0.717) is 33.4 Å². The van der Waals surface area contributed by atoms with Crippen LogP contribution in [0.2, 0.25) is 0 Å². The molecule has 0 aliphatic carbocycles. The van der Waals surface area contributed by atoms with Crippen LogP contribution in [-0.4, -0.2) is 25.9 Å². The molecule has 1 aromatic heterocycles.